The van der Waals surface area contributed by atoms with Crippen LogP contribution in [0.1, 0.15) is 11.6 Å². The Bertz CT molecular complexity index is 506. The van der Waals surface area contributed by atoms with E-state index in [0.29, 0.717) is 17.0 Å². The molecule has 1 aliphatic heterocycles. The maximum absolute atomic E-state index is 11.3. The summed E-state index contributed by atoms with van der Waals surface area (Å²) in [6.07, 6.45) is 0. The van der Waals surface area contributed by atoms with Crippen LogP contribution in [0.2, 0.25) is 0 Å². The van der Waals surface area contributed by atoms with Crippen LogP contribution in [0.15, 0.2) is 23.1 Å². The fourth-order valence-corrected chi connectivity index (χ4v) is 2.46. The van der Waals surface area contributed by atoms with Gasteiger partial charge in [-0.05, 0) is 17.7 Å². The van der Waals surface area contributed by atoms with Crippen LogP contribution in [0.4, 0.5) is 5.69 Å². The summed E-state index contributed by atoms with van der Waals surface area (Å²) in [6, 6.07) is 3.24. The highest BCUT2D eigenvalue weighted by Gasteiger charge is 2.24. The van der Waals surface area contributed by atoms with E-state index in [1.54, 1.807) is 12.1 Å². The first kappa shape index (κ1) is 12.9. The molecule has 0 bridgehead atoms. The van der Waals surface area contributed by atoms with Crippen molar-refractivity contribution < 1.29 is 14.7 Å². The van der Waals surface area contributed by atoms with E-state index in [4.69, 9.17) is 16.6 Å². The van der Waals surface area contributed by atoms with Crippen LogP contribution in [-0.4, -0.2) is 28.8 Å². The molecular weight excluding hydrogens is 254 g/mol. The van der Waals surface area contributed by atoms with Gasteiger partial charge >= 0.3 is 5.97 Å². The minimum atomic E-state index is -1.17. The van der Waals surface area contributed by atoms with Crippen molar-refractivity contribution in [1.82, 2.24) is 0 Å². The van der Waals surface area contributed by atoms with Crippen LogP contribution < -0.4 is 16.8 Å². The summed E-state index contributed by atoms with van der Waals surface area (Å²) >= 11 is 1.43. The number of carboxylic acid groups (broad SMARTS) is 1. The van der Waals surface area contributed by atoms with E-state index in [0.717, 1.165) is 4.90 Å². The van der Waals surface area contributed by atoms with Gasteiger partial charge in [0.25, 0.3) is 0 Å². The van der Waals surface area contributed by atoms with Gasteiger partial charge in [-0.15, -0.1) is 11.8 Å². The van der Waals surface area contributed by atoms with Gasteiger partial charge in [-0.2, -0.15) is 0 Å². The van der Waals surface area contributed by atoms with Crippen LogP contribution in [0.5, 0.6) is 0 Å². The second-order valence-electron chi connectivity index (χ2n) is 3.98. The molecule has 7 heteroatoms. The number of benzene rings is 1. The second kappa shape index (κ2) is 4.97. The lowest BCUT2D eigenvalue weighted by molar-refractivity contribution is -0.139. The topological polar surface area (TPSA) is 118 Å². The number of nitrogens with one attached hydrogen (secondary N) is 1. The standard InChI is InChI=1S/C11H13N3O3S/c12-9(10(13)11(16)17)5-1-2-7-6(3-5)14-8(15)4-18-7/h1-3,9-10H,4,12-13H2,(H,14,15)(H,16,17). The van der Waals surface area contributed by atoms with Crippen LogP contribution in [0, 0.1) is 0 Å². The number of nitrogens with two attached hydrogens (primary N) is 2. The largest absolute Gasteiger partial charge is 0.480 e. The highest BCUT2D eigenvalue weighted by atomic mass is 32.2. The Balaban J connectivity index is 2.28. The van der Waals surface area contributed by atoms with Gasteiger partial charge in [0.2, 0.25) is 5.91 Å². The number of hydrogen-bond acceptors (Lipinski definition) is 5. The first-order chi connectivity index (χ1) is 8.49. The van der Waals surface area contributed by atoms with Gasteiger partial charge < -0.3 is 21.9 Å². The van der Waals surface area contributed by atoms with Gasteiger partial charge in [-0.3, -0.25) is 9.59 Å². The molecule has 1 amide bonds. The molecule has 0 saturated heterocycles. The fourth-order valence-electron chi connectivity index (χ4n) is 1.67. The van der Waals surface area contributed by atoms with E-state index < -0.39 is 18.1 Å². The molecule has 96 valence electrons. The summed E-state index contributed by atoms with van der Waals surface area (Å²) in [5, 5.41) is 11.5. The Morgan fingerprint density at radius 2 is 2.17 bits per heavy atom. The molecule has 0 saturated carbocycles. The molecule has 1 aliphatic rings. The third-order valence-corrected chi connectivity index (χ3v) is 3.77. The number of amides is 1. The van der Waals surface area contributed by atoms with Gasteiger partial charge in [0.1, 0.15) is 6.04 Å². The number of aliphatic carboxylic acids is 1. The molecule has 6 N–H and O–H groups in total. The van der Waals surface area contributed by atoms with E-state index in [9.17, 15) is 9.59 Å². The summed E-state index contributed by atoms with van der Waals surface area (Å²) in [7, 11) is 0. The number of thioether (sulfide) groups is 1. The summed E-state index contributed by atoms with van der Waals surface area (Å²) in [6.45, 7) is 0. The van der Waals surface area contributed by atoms with Crippen molar-refractivity contribution in [2.24, 2.45) is 11.5 Å². The Hall–Kier alpha value is -1.57. The molecule has 0 spiro atoms. The quantitative estimate of drug-likeness (QED) is 0.618. The SMILES string of the molecule is NC(C(=O)O)C(N)c1ccc2c(c1)NC(=O)CS2. The minimum Gasteiger partial charge on any atom is -0.480 e. The van der Waals surface area contributed by atoms with E-state index in [1.165, 1.54) is 11.8 Å². The second-order valence-corrected chi connectivity index (χ2v) is 5.00. The Labute approximate surface area is 108 Å². The first-order valence-electron chi connectivity index (χ1n) is 5.29. The van der Waals surface area contributed by atoms with Gasteiger partial charge in [-0.25, -0.2) is 0 Å². The highest BCUT2D eigenvalue weighted by molar-refractivity contribution is 8.00. The lowest BCUT2D eigenvalue weighted by Gasteiger charge is -2.21. The Morgan fingerprint density at radius 3 is 2.83 bits per heavy atom. The molecule has 1 heterocycles. The molecule has 2 unspecified atom stereocenters. The number of fused-ring (bicyclic) bond motifs is 1. The minimum absolute atomic E-state index is 0.0826. The van der Waals surface area contributed by atoms with Crippen molar-refractivity contribution in [2.75, 3.05) is 11.1 Å². The zero-order valence-corrected chi connectivity index (χ0v) is 10.2. The predicted octanol–water partition coefficient (Wildman–Crippen LogP) is 0.142. The maximum Gasteiger partial charge on any atom is 0.322 e. The average Bonchev–Trinajstić information content (AvgIpc) is 2.35. The average molecular weight is 267 g/mol. The van der Waals surface area contributed by atoms with E-state index in [2.05, 4.69) is 5.32 Å². The number of hydrogen-bond donors (Lipinski definition) is 4. The third kappa shape index (κ3) is 2.47. The van der Waals surface area contributed by atoms with Crippen molar-refractivity contribution in [3.63, 3.8) is 0 Å². The summed E-state index contributed by atoms with van der Waals surface area (Å²) in [5.74, 6) is -0.855. The van der Waals surface area contributed by atoms with Gasteiger partial charge in [-0.1, -0.05) is 6.07 Å². The Kier molecular flexibility index (Phi) is 3.55. The summed E-state index contributed by atoms with van der Waals surface area (Å²) < 4.78 is 0. The molecular formula is C11H13N3O3S. The van der Waals surface area contributed by atoms with E-state index in [-0.39, 0.29) is 5.91 Å². The molecule has 18 heavy (non-hydrogen) atoms. The highest BCUT2D eigenvalue weighted by Crippen LogP contribution is 2.33. The molecule has 2 rings (SSSR count). The molecule has 6 nitrogen and oxygen atoms in total. The smallest absolute Gasteiger partial charge is 0.322 e. The van der Waals surface area contributed by atoms with Crippen molar-refractivity contribution in [2.45, 2.75) is 17.0 Å². The van der Waals surface area contributed by atoms with Crippen molar-refractivity contribution >= 4 is 29.3 Å². The van der Waals surface area contributed by atoms with Crippen molar-refractivity contribution in [3.05, 3.63) is 23.8 Å². The molecule has 1 aromatic carbocycles. The summed E-state index contributed by atoms with van der Waals surface area (Å²) in [5.41, 5.74) is 12.5. The molecule has 1 aromatic rings. The predicted molar refractivity (Wildman–Crippen MR) is 68.3 cm³/mol. The van der Waals surface area contributed by atoms with Gasteiger partial charge in [0, 0.05) is 4.90 Å². The fraction of sp³-hybridized carbons (Fsp3) is 0.273. The molecule has 0 fully saturated rings. The molecule has 0 aliphatic carbocycles. The van der Waals surface area contributed by atoms with E-state index >= 15 is 0 Å². The van der Waals surface area contributed by atoms with Crippen molar-refractivity contribution in [3.8, 4) is 0 Å². The Morgan fingerprint density at radius 1 is 1.44 bits per heavy atom. The van der Waals surface area contributed by atoms with Gasteiger partial charge in [0.15, 0.2) is 0 Å². The molecule has 2 atom stereocenters. The normalized spacial score (nSPS) is 17.6. The zero-order valence-electron chi connectivity index (χ0n) is 9.42. The zero-order chi connectivity index (χ0) is 13.3. The molecule has 0 radical (unpaired) electrons. The van der Waals surface area contributed by atoms with Crippen LogP contribution in [-0.2, 0) is 9.59 Å². The van der Waals surface area contributed by atoms with Crippen LogP contribution in [0.25, 0.3) is 0 Å². The number of carbonyl (C=O) groups excluding carboxylic acids is 1. The lowest BCUT2D eigenvalue weighted by atomic mass is 10.0. The summed E-state index contributed by atoms with van der Waals surface area (Å²) in [4.78, 5) is 23.0. The van der Waals surface area contributed by atoms with Crippen molar-refractivity contribution in [1.29, 1.82) is 0 Å². The van der Waals surface area contributed by atoms with E-state index in [1.807, 2.05) is 6.07 Å². The third-order valence-electron chi connectivity index (χ3n) is 2.69. The monoisotopic (exact) mass is 267 g/mol. The molecule has 0 aromatic heterocycles. The number of carboxylic acids is 1. The maximum atomic E-state index is 11.3. The number of rotatable bonds is 3. The van der Waals surface area contributed by atoms with Gasteiger partial charge in [0.05, 0.1) is 17.5 Å². The number of anilines is 1. The first-order valence-corrected chi connectivity index (χ1v) is 6.28. The lowest BCUT2D eigenvalue weighted by Crippen LogP contribution is -2.40. The van der Waals surface area contributed by atoms with Crippen LogP contribution in [0.3, 0.4) is 0 Å². The number of carbonyl (C=O) groups is 2. The van der Waals surface area contributed by atoms with Crippen LogP contribution >= 0.6 is 11.8 Å².